The SMILES string of the molecule is COc1cnc(-c2ccc([N+](=O)[O-])cc2)o1. The second-order valence-corrected chi connectivity index (χ2v) is 2.99. The number of rotatable bonds is 3. The van der Waals surface area contributed by atoms with E-state index in [-0.39, 0.29) is 5.69 Å². The van der Waals surface area contributed by atoms with E-state index < -0.39 is 4.92 Å². The molecule has 82 valence electrons. The summed E-state index contributed by atoms with van der Waals surface area (Å²) in [5, 5.41) is 10.4. The predicted octanol–water partition coefficient (Wildman–Crippen LogP) is 2.26. The number of nitro benzene ring substituents is 1. The van der Waals surface area contributed by atoms with Crippen LogP contribution in [0.4, 0.5) is 5.69 Å². The molecule has 0 N–H and O–H groups in total. The van der Waals surface area contributed by atoms with Gasteiger partial charge in [0.15, 0.2) is 0 Å². The molecule has 1 aromatic carbocycles. The van der Waals surface area contributed by atoms with Crippen LogP contribution in [0.5, 0.6) is 5.95 Å². The lowest BCUT2D eigenvalue weighted by molar-refractivity contribution is -0.384. The molecular weight excluding hydrogens is 212 g/mol. The first-order chi connectivity index (χ1) is 7.70. The van der Waals surface area contributed by atoms with Crippen molar-refractivity contribution < 1.29 is 14.1 Å². The number of benzene rings is 1. The van der Waals surface area contributed by atoms with Crippen molar-refractivity contribution in [3.05, 3.63) is 40.6 Å². The van der Waals surface area contributed by atoms with Crippen LogP contribution in [-0.2, 0) is 0 Å². The molecule has 0 saturated carbocycles. The van der Waals surface area contributed by atoms with Gasteiger partial charge in [-0.05, 0) is 12.1 Å². The zero-order chi connectivity index (χ0) is 11.5. The molecule has 0 spiro atoms. The summed E-state index contributed by atoms with van der Waals surface area (Å²) in [5.41, 5.74) is 0.691. The quantitative estimate of drug-likeness (QED) is 0.585. The highest BCUT2D eigenvalue weighted by Gasteiger charge is 2.09. The van der Waals surface area contributed by atoms with Gasteiger partial charge in [0.1, 0.15) is 6.20 Å². The first-order valence-corrected chi connectivity index (χ1v) is 4.45. The van der Waals surface area contributed by atoms with Gasteiger partial charge in [0.05, 0.1) is 12.0 Å². The molecule has 0 radical (unpaired) electrons. The van der Waals surface area contributed by atoms with Gasteiger partial charge in [0, 0.05) is 17.7 Å². The normalized spacial score (nSPS) is 10.1. The highest BCUT2D eigenvalue weighted by molar-refractivity contribution is 5.55. The standard InChI is InChI=1S/C10H8N2O4/c1-15-9-6-11-10(16-9)7-2-4-8(5-3-7)12(13)14/h2-6H,1H3. The van der Waals surface area contributed by atoms with Gasteiger partial charge in [-0.3, -0.25) is 10.1 Å². The summed E-state index contributed by atoms with van der Waals surface area (Å²) in [5.74, 6) is 0.667. The van der Waals surface area contributed by atoms with Crippen molar-refractivity contribution in [3.8, 4) is 17.4 Å². The maximum absolute atomic E-state index is 10.4. The van der Waals surface area contributed by atoms with Crippen molar-refractivity contribution in [3.63, 3.8) is 0 Å². The molecule has 6 heteroatoms. The Bertz CT molecular complexity index is 504. The van der Waals surface area contributed by atoms with Gasteiger partial charge in [-0.1, -0.05) is 0 Å². The Kier molecular flexibility index (Phi) is 2.55. The number of methoxy groups -OCH3 is 1. The van der Waals surface area contributed by atoms with Crippen LogP contribution in [0.2, 0.25) is 0 Å². The molecule has 6 nitrogen and oxygen atoms in total. The molecule has 2 aromatic rings. The van der Waals surface area contributed by atoms with Crippen molar-refractivity contribution in [2.24, 2.45) is 0 Å². The first-order valence-electron chi connectivity index (χ1n) is 4.45. The molecule has 0 amide bonds. The molecule has 0 aliphatic heterocycles. The summed E-state index contributed by atoms with van der Waals surface area (Å²) in [6, 6.07) is 5.94. The molecule has 1 aromatic heterocycles. The molecule has 0 bridgehead atoms. The van der Waals surface area contributed by atoms with Gasteiger partial charge in [-0.25, -0.2) is 4.98 Å². The third-order valence-corrected chi connectivity index (χ3v) is 2.01. The summed E-state index contributed by atoms with van der Waals surface area (Å²) in [6.45, 7) is 0. The second-order valence-electron chi connectivity index (χ2n) is 2.99. The lowest BCUT2D eigenvalue weighted by Crippen LogP contribution is -1.87. The summed E-state index contributed by atoms with van der Waals surface area (Å²) in [6.07, 6.45) is 1.44. The number of hydrogen-bond donors (Lipinski definition) is 0. The van der Waals surface area contributed by atoms with Crippen LogP contribution in [0.15, 0.2) is 34.9 Å². The monoisotopic (exact) mass is 220 g/mol. The molecular formula is C10H8N2O4. The summed E-state index contributed by atoms with van der Waals surface area (Å²) in [4.78, 5) is 14.0. The van der Waals surface area contributed by atoms with Crippen LogP contribution < -0.4 is 4.74 Å². The van der Waals surface area contributed by atoms with Gasteiger partial charge in [0.2, 0.25) is 5.89 Å². The molecule has 16 heavy (non-hydrogen) atoms. The summed E-state index contributed by atoms with van der Waals surface area (Å²) < 4.78 is 10.1. The minimum atomic E-state index is -0.458. The van der Waals surface area contributed by atoms with Crippen LogP contribution in [-0.4, -0.2) is 17.0 Å². The van der Waals surface area contributed by atoms with Crippen LogP contribution in [0.3, 0.4) is 0 Å². The average Bonchev–Trinajstić information content (AvgIpc) is 2.77. The molecule has 0 aliphatic carbocycles. The minimum absolute atomic E-state index is 0.0299. The van der Waals surface area contributed by atoms with Gasteiger partial charge in [-0.15, -0.1) is 0 Å². The van der Waals surface area contributed by atoms with E-state index in [4.69, 9.17) is 9.15 Å². The van der Waals surface area contributed by atoms with E-state index >= 15 is 0 Å². The number of hydrogen-bond acceptors (Lipinski definition) is 5. The smallest absolute Gasteiger partial charge is 0.305 e. The maximum atomic E-state index is 10.4. The van der Waals surface area contributed by atoms with E-state index in [0.717, 1.165) is 0 Å². The van der Waals surface area contributed by atoms with Crippen molar-refractivity contribution >= 4 is 5.69 Å². The third kappa shape index (κ3) is 1.85. The highest BCUT2D eigenvalue weighted by Crippen LogP contribution is 2.24. The number of aromatic nitrogens is 1. The highest BCUT2D eigenvalue weighted by atomic mass is 16.6. The minimum Gasteiger partial charge on any atom is -0.467 e. The van der Waals surface area contributed by atoms with Crippen molar-refractivity contribution in [2.45, 2.75) is 0 Å². The van der Waals surface area contributed by atoms with Gasteiger partial charge in [-0.2, -0.15) is 0 Å². The van der Waals surface area contributed by atoms with E-state index in [1.165, 1.54) is 25.4 Å². The Balaban J connectivity index is 2.30. The number of nitro groups is 1. The van der Waals surface area contributed by atoms with Crippen molar-refractivity contribution in [2.75, 3.05) is 7.11 Å². The van der Waals surface area contributed by atoms with Gasteiger partial charge < -0.3 is 9.15 Å². The topological polar surface area (TPSA) is 78.4 Å². The fourth-order valence-corrected chi connectivity index (χ4v) is 1.21. The largest absolute Gasteiger partial charge is 0.467 e. The van der Waals surface area contributed by atoms with E-state index in [0.29, 0.717) is 17.4 Å². The van der Waals surface area contributed by atoms with Crippen LogP contribution >= 0.6 is 0 Å². The van der Waals surface area contributed by atoms with Crippen LogP contribution in [0.1, 0.15) is 0 Å². The molecule has 0 unspecified atom stereocenters. The lowest BCUT2D eigenvalue weighted by atomic mass is 10.2. The molecule has 0 fully saturated rings. The number of nitrogens with zero attached hydrogens (tertiary/aromatic N) is 2. The maximum Gasteiger partial charge on any atom is 0.305 e. The van der Waals surface area contributed by atoms with Crippen molar-refractivity contribution in [1.82, 2.24) is 4.98 Å². The van der Waals surface area contributed by atoms with E-state index in [2.05, 4.69) is 4.98 Å². The van der Waals surface area contributed by atoms with Crippen LogP contribution in [0.25, 0.3) is 11.5 Å². The Labute approximate surface area is 90.6 Å². The molecule has 0 aliphatic rings. The van der Waals surface area contributed by atoms with Crippen LogP contribution in [0, 0.1) is 10.1 Å². The lowest BCUT2D eigenvalue weighted by Gasteiger charge is -1.95. The molecule has 0 atom stereocenters. The Morgan fingerprint density at radius 3 is 2.56 bits per heavy atom. The molecule has 0 saturated heterocycles. The Hall–Kier alpha value is -2.37. The first kappa shape index (κ1) is 10.2. The van der Waals surface area contributed by atoms with E-state index in [9.17, 15) is 10.1 Å². The Morgan fingerprint density at radius 1 is 1.38 bits per heavy atom. The van der Waals surface area contributed by atoms with Crippen molar-refractivity contribution in [1.29, 1.82) is 0 Å². The van der Waals surface area contributed by atoms with Gasteiger partial charge >= 0.3 is 5.95 Å². The third-order valence-electron chi connectivity index (χ3n) is 2.01. The fourth-order valence-electron chi connectivity index (χ4n) is 1.21. The van der Waals surface area contributed by atoms with E-state index in [1.807, 2.05) is 0 Å². The molecule has 1 heterocycles. The number of ether oxygens (including phenoxy) is 1. The van der Waals surface area contributed by atoms with Gasteiger partial charge in [0.25, 0.3) is 5.69 Å². The zero-order valence-corrected chi connectivity index (χ0v) is 8.41. The fraction of sp³-hybridized carbons (Fsp3) is 0.100. The second kappa shape index (κ2) is 4.01. The number of non-ortho nitro benzene ring substituents is 1. The number of oxazole rings is 1. The zero-order valence-electron chi connectivity index (χ0n) is 8.41. The van der Waals surface area contributed by atoms with E-state index in [1.54, 1.807) is 12.1 Å². The molecule has 2 rings (SSSR count). The average molecular weight is 220 g/mol. The summed E-state index contributed by atoms with van der Waals surface area (Å²) in [7, 11) is 1.47. The predicted molar refractivity (Wildman–Crippen MR) is 55.1 cm³/mol. The Morgan fingerprint density at radius 2 is 2.06 bits per heavy atom. The summed E-state index contributed by atoms with van der Waals surface area (Å²) >= 11 is 0.